The van der Waals surface area contributed by atoms with Crippen molar-refractivity contribution < 1.29 is 4.74 Å². The number of halogens is 1. The Morgan fingerprint density at radius 3 is 1.94 bits per heavy atom. The van der Waals surface area contributed by atoms with Crippen LogP contribution in [0.15, 0.2) is 54.6 Å². The summed E-state index contributed by atoms with van der Waals surface area (Å²) in [5, 5.41) is 3.41. The molecule has 0 saturated carbocycles. The second-order valence-electron chi connectivity index (χ2n) is 3.94. The highest BCUT2D eigenvalue weighted by molar-refractivity contribution is 5.85. The van der Waals surface area contributed by atoms with E-state index < -0.39 is 0 Å². The van der Waals surface area contributed by atoms with Gasteiger partial charge in [0.1, 0.15) is 5.75 Å². The molecule has 0 aromatic heterocycles. The molecule has 2 aromatic carbocycles. The highest BCUT2D eigenvalue weighted by Gasteiger charge is 1.95. The van der Waals surface area contributed by atoms with E-state index in [-0.39, 0.29) is 12.4 Å². The van der Waals surface area contributed by atoms with Crippen LogP contribution in [0.3, 0.4) is 0 Å². The smallest absolute Gasteiger partial charge is 0.118 e. The normalized spacial score (nSPS) is 9.61. The Labute approximate surface area is 114 Å². The van der Waals surface area contributed by atoms with Gasteiger partial charge in [0, 0.05) is 13.1 Å². The summed E-state index contributed by atoms with van der Waals surface area (Å²) in [6, 6.07) is 18.5. The van der Waals surface area contributed by atoms with E-state index in [1.165, 1.54) is 11.1 Å². The predicted octanol–water partition coefficient (Wildman–Crippen LogP) is 3.41. The lowest BCUT2D eigenvalue weighted by molar-refractivity contribution is 0.414. The standard InChI is InChI=1S/C15H17NO.ClH/c1-17-15-9-7-14(8-10-15)12-16-11-13-5-3-2-4-6-13;/h2-10,16H,11-12H2,1H3;1H. The average molecular weight is 264 g/mol. The zero-order valence-corrected chi connectivity index (χ0v) is 11.2. The average Bonchev–Trinajstić information content (AvgIpc) is 2.41. The molecule has 0 aliphatic rings. The van der Waals surface area contributed by atoms with Gasteiger partial charge in [-0.3, -0.25) is 0 Å². The summed E-state index contributed by atoms with van der Waals surface area (Å²) in [6.07, 6.45) is 0. The van der Waals surface area contributed by atoms with Gasteiger partial charge in [0.15, 0.2) is 0 Å². The molecule has 0 heterocycles. The van der Waals surface area contributed by atoms with Crippen LogP contribution in [-0.2, 0) is 13.1 Å². The first-order valence-electron chi connectivity index (χ1n) is 5.76. The number of rotatable bonds is 5. The van der Waals surface area contributed by atoms with E-state index in [9.17, 15) is 0 Å². The van der Waals surface area contributed by atoms with Crippen LogP contribution < -0.4 is 10.1 Å². The molecule has 3 heteroatoms. The molecule has 0 radical (unpaired) electrons. The SMILES string of the molecule is COc1ccc(CNCc2ccccc2)cc1.Cl. The van der Waals surface area contributed by atoms with Crippen molar-refractivity contribution in [2.45, 2.75) is 13.1 Å². The van der Waals surface area contributed by atoms with Crippen molar-refractivity contribution in [1.82, 2.24) is 5.32 Å². The van der Waals surface area contributed by atoms with Gasteiger partial charge in [-0.05, 0) is 23.3 Å². The van der Waals surface area contributed by atoms with Crippen LogP contribution in [0, 0.1) is 0 Å². The van der Waals surface area contributed by atoms with E-state index in [1.807, 2.05) is 18.2 Å². The van der Waals surface area contributed by atoms with Crippen molar-refractivity contribution >= 4 is 12.4 Å². The van der Waals surface area contributed by atoms with E-state index in [0.717, 1.165) is 18.8 Å². The second-order valence-corrected chi connectivity index (χ2v) is 3.94. The van der Waals surface area contributed by atoms with E-state index >= 15 is 0 Å². The molecule has 0 fully saturated rings. The Morgan fingerprint density at radius 1 is 0.833 bits per heavy atom. The molecule has 18 heavy (non-hydrogen) atoms. The molecule has 96 valence electrons. The lowest BCUT2D eigenvalue weighted by Crippen LogP contribution is -2.12. The third kappa shape index (κ3) is 4.40. The molecule has 0 saturated heterocycles. The van der Waals surface area contributed by atoms with Gasteiger partial charge in [0.2, 0.25) is 0 Å². The van der Waals surface area contributed by atoms with Gasteiger partial charge in [-0.15, -0.1) is 12.4 Å². The van der Waals surface area contributed by atoms with Crippen LogP contribution in [0.2, 0.25) is 0 Å². The Morgan fingerprint density at radius 2 is 1.39 bits per heavy atom. The van der Waals surface area contributed by atoms with Crippen LogP contribution >= 0.6 is 12.4 Å². The van der Waals surface area contributed by atoms with Gasteiger partial charge in [0.05, 0.1) is 7.11 Å². The van der Waals surface area contributed by atoms with Crippen LogP contribution in [0.25, 0.3) is 0 Å². The Kier molecular flexibility index (Phi) is 6.26. The lowest BCUT2D eigenvalue weighted by Gasteiger charge is -2.06. The summed E-state index contributed by atoms with van der Waals surface area (Å²) >= 11 is 0. The summed E-state index contributed by atoms with van der Waals surface area (Å²) in [6.45, 7) is 1.77. The Balaban J connectivity index is 0.00000162. The first kappa shape index (κ1) is 14.6. The molecule has 0 amide bonds. The third-order valence-corrected chi connectivity index (χ3v) is 2.66. The van der Waals surface area contributed by atoms with Crippen molar-refractivity contribution in [2.75, 3.05) is 7.11 Å². The number of hydrogen-bond acceptors (Lipinski definition) is 2. The molecule has 0 spiro atoms. The van der Waals surface area contributed by atoms with Crippen molar-refractivity contribution in [3.8, 4) is 5.75 Å². The summed E-state index contributed by atoms with van der Waals surface area (Å²) in [7, 11) is 1.68. The maximum Gasteiger partial charge on any atom is 0.118 e. The molecule has 0 unspecified atom stereocenters. The van der Waals surface area contributed by atoms with Crippen LogP contribution in [0.5, 0.6) is 5.75 Å². The van der Waals surface area contributed by atoms with E-state index in [2.05, 4.69) is 41.7 Å². The number of hydrogen-bond donors (Lipinski definition) is 1. The van der Waals surface area contributed by atoms with Gasteiger partial charge in [-0.25, -0.2) is 0 Å². The maximum atomic E-state index is 5.12. The molecule has 1 N–H and O–H groups in total. The van der Waals surface area contributed by atoms with Crippen LogP contribution in [0.1, 0.15) is 11.1 Å². The molecule has 0 atom stereocenters. The number of benzene rings is 2. The van der Waals surface area contributed by atoms with Gasteiger partial charge in [-0.2, -0.15) is 0 Å². The molecule has 2 aromatic rings. The first-order chi connectivity index (χ1) is 8.38. The lowest BCUT2D eigenvalue weighted by atomic mass is 10.2. The summed E-state index contributed by atoms with van der Waals surface area (Å²) in [5.74, 6) is 0.900. The van der Waals surface area contributed by atoms with E-state index in [1.54, 1.807) is 7.11 Å². The molecular formula is C15H18ClNO. The minimum atomic E-state index is 0. The van der Waals surface area contributed by atoms with Gasteiger partial charge in [-0.1, -0.05) is 42.5 Å². The molecular weight excluding hydrogens is 246 g/mol. The Bertz CT molecular complexity index is 442. The zero-order chi connectivity index (χ0) is 11.9. The fourth-order valence-electron chi connectivity index (χ4n) is 1.69. The number of methoxy groups -OCH3 is 1. The molecule has 0 aliphatic carbocycles. The first-order valence-corrected chi connectivity index (χ1v) is 5.76. The summed E-state index contributed by atoms with van der Waals surface area (Å²) in [5.41, 5.74) is 2.57. The quantitative estimate of drug-likeness (QED) is 0.893. The zero-order valence-electron chi connectivity index (χ0n) is 10.4. The molecule has 2 nitrogen and oxygen atoms in total. The van der Waals surface area contributed by atoms with Gasteiger partial charge >= 0.3 is 0 Å². The minimum absolute atomic E-state index is 0. The largest absolute Gasteiger partial charge is 0.497 e. The van der Waals surface area contributed by atoms with Crippen molar-refractivity contribution in [1.29, 1.82) is 0 Å². The van der Waals surface area contributed by atoms with Crippen LogP contribution in [0.4, 0.5) is 0 Å². The van der Waals surface area contributed by atoms with Crippen molar-refractivity contribution in [3.63, 3.8) is 0 Å². The molecule has 2 rings (SSSR count). The fraction of sp³-hybridized carbons (Fsp3) is 0.200. The molecule has 0 aliphatic heterocycles. The number of ether oxygens (including phenoxy) is 1. The van der Waals surface area contributed by atoms with E-state index in [4.69, 9.17) is 4.74 Å². The predicted molar refractivity (Wildman–Crippen MR) is 77.2 cm³/mol. The fourth-order valence-corrected chi connectivity index (χ4v) is 1.69. The second kappa shape index (κ2) is 7.75. The highest BCUT2D eigenvalue weighted by atomic mass is 35.5. The topological polar surface area (TPSA) is 21.3 Å². The van der Waals surface area contributed by atoms with Gasteiger partial charge in [0.25, 0.3) is 0 Å². The molecule has 0 bridgehead atoms. The Hall–Kier alpha value is -1.51. The highest BCUT2D eigenvalue weighted by Crippen LogP contribution is 2.11. The van der Waals surface area contributed by atoms with Crippen molar-refractivity contribution in [3.05, 3.63) is 65.7 Å². The summed E-state index contributed by atoms with van der Waals surface area (Å²) < 4.78 is 5.12. The van der Waals surface area contributed by atoms with Crippen molar-refractivity contribution in [2.24, 2.45) is 0 Å². The van der Waals surface area contributed by atoms with E-state index in [0.29, 0.717) is 0 Å². The number of nitrogens with one attached hydrogen (secondary N) is 1. The van der Waals surface area contributed by atoms with Crippen LogP contribution in [-0.4, -0.2) is 7.11 Å². The minimum Gasteiger partial charge on any atom is -0.497 e. The summed E-state index contributed by atoms with van der Waals surface area (Å²) in [4.78, 5) is 0. The third-order valence-electron chi connectivity index (χ3n) is 2.66. The monoisotopic (exact) mass is 263 g/mol. The maximum absolute atomic E-state index is 5.12. The van der Waals surface area contributed by atoms with Gasteiger partial charge < -0.3 is 10.1 Å².